The third-order valence-corrected chi connectivity index (χ3v) is 5.55. The number of carboxylic acid groups (broad SMARTS) is 1. The molecule has 0 saturated carbocycles. The van der Waals surface area contributed by atoms with Crippen LogP contribution in [0.5, 0.6) is 5.75 Å². The standard InChI is InChI=1S/C23H37BrO3/c1-2-3-4-5-6-7-8-9-10-11-12-13-14-15-18-27-22-17-16-20(23(25)26)19-21(22)24/h16-17,19H,2-15,18H2,1H3,(H,25,26). The highest BCUT2D eigenvalue weighted by molar-refractivity contribution is 9.10. The van der Waals surface area contributed by atoms with Crippen LogP contribution in [0.4, 0.5) is 0 Å². The summed E-state index contributed by atoms with van der Waals surface area (Å²) in [5, 5.41) is 8.96. The van der Waals surface area contributed by atoms with Crippen LogP contribution < -0.4 is 4.74 Å². The van der Waals surface area contributed by atoms with Crippen molar-refractivity contribution in [3.05, 3.63) is 28.2 Å². The van der Waals surface area contributed by atoms with E-state index >= 15 is 0 Å². The summed E-state index contributed by atoms with van der Waals surface area (Å²) in [7, 11) is 0. The Hall–Kier alpha value is -1.03. The molecule has 0 bridgehead atoms. The molecule has 1 aromatic carbocycles. The fourth-order valence-electron chi connectivity index (χ4n) is 3.23. The van der Waals surface area contributed by atoms with E-state index in [9.17, 15) is 4.79 Å². The lowest BCUT2D eigenvalue weighted by molar-refractivity contribution is 0.0696. The molecule has 0 aliphatic carbocycles. The molecule has 3 nitrogen and oxygen atoms in total. The first-order valence-corrected chi connectivity index (χ1v) is 11.6. The number of carbonyl (C=O) groups is 1. The summed E-state index contributed by atoms with van der Waals surface area (Å²) < 4.78 is 6.44. The third-order valence-electron chi connectivity index (χ3n) is 4.93. The summed E-state index contributed by atoms with van der Waals surface area (Å²) in [4.78, 5) is 10.9. The van der Waals surface area contributed by atoms with Gasteiger partial charge in [0.15, 0.2) is 0 Å². The molecule has 0 aromatic heterocycles. The average molecular weight is 441 g/mol. The molecular weight excluding hydrogens is 404 g/mol. The highest BCUT2D eigenvalue weighted by Gasteiger charge is 2.07. The number of halogens is 1. The van der Waals surface area contributed by atoms with Crippen molar-refractivity contribution in [2.24, 2.45) is 0 Å². The van der Waals surface area contributed by atoms with Crippen LogP contribution in [0.3, 0.4) is 0 Å². The van der Waals surface area contributed by atoms with E-state index in [4.69, 9.17) is 9.84 Å². The van der Waals surface area contributed by atoms with Crippen LogP contribution in [0.25, 0.3) is 0 Å². The van der Waals surface area contributed by atoms with Gasteiger partial charge in [0.1, 0.15) is 5.75 Å². The van der Waals surface area contributed by atoms with Crippen molar-refractivity contribution in [2.75, 3.05) is 6.61 Å². The molecule has 0 heterocycles. The lowest BCUT2D eigenvalue weighted by atomic mass is 10.0. The van der Waals surface area contributed by atoms with Crippen molar-refractivity contribution in [2.45, 2.75) is 96.8 Å². The molecule has 0 fully saturated rings. The van der Waals surface area contributed by atoms with Gasteiger partial charge in [-0.1, -0.05) is 90.4 Å². The highest BCUT2D eigenvalue weighted by Crippen LogP contribution is 2.26. The van der Waals surface area contributed by atoms with Gasteiger partial charge >= 0.3 is 5.97 Å². The van der Waals surface area contributed by atoms with Gasteiger partial charge in [-0.25, -0.2) is 4.79 Å². The Bertz CT molecular complexity index is 516. The van der Waals surface area contributed by atoms with E-state index in [1.54, 1.807) is 18.2 Å². The minimum atomic E-state index is -0.922. The number of unbranched alkanes of at least 4 members (excludes halogenated alkanes) is 13. The van der Waals surface area contributed by atoms with E-state index in [0.29, 0.717) is 11.1 Å². The molecule has 1 rings (SSSR count). The van der Waals surface area contributed by atoms with E-state index in [1.807, 2.05) is 0 Å². The number of ether oxygens (including phenoxy) is 1. The maximum atomic E-state index is 10.9. The van der Waals surface area contributed by atoms with Crippen molar-refractivity contribution >= 4 is 21.9 Å². The zero-order valence-corrected chi connectivity index (χ0v) is 18.6. The summed E-state index contributed by atoms with van der Waals surface area (Å²) in [6.45, 7) is 2.96. The van der Waals surface area contributed by atoms with Crippen molar-refractivity contribution in [1.29, 1.82) is 0 Å². The van der Waals surface area contributed by atoms with Crippen LogP contribution in [0, 0.1) is 0 Å². The van der Waals surface area contributed by atoms with E-state index < -0.39 is 5.97 Å². The number of hydrogen-bond donors (Lipinski definition) is 1. The van der Waals surface area contributed by atoms with Gasteiger partial charge in [0.25, 0.3) is 0 Å². The SMILES string of the molecule is CCCCCCCCCCCCCCCCOc1ccc(C(=O)O)cc1Br. The molecule has 1 aromatic rings. The van der Waals surface area contributed by atoms with Gasteiger partial charge in [-0.2, -0.15) is 0 Å². The van der Waals surface area contributed by atoms with Crippen LogP contribution in [0.1, 0.15) is 107 Å². The van der Waals surface area contributed by atoms with Gasteiger partial charge in [0.05, 0.1) is 16.6 Å². The molecule has 0 spiro atoms. The van der Waals surface area contributed by atoms with Crippen molar-refractivity contribution < 1.29 is 14.6 Å². The Morgan fingerprint density at radius 3 is 1.78 bits per heavy atom. The summed E-state index contributed by atoms with van der Waals surface area (Å²) in [6.07, 6.45) is 18.8. The molecule has 0 aliphatic rings. The first-order valence-electron chi connectivity index (χ1n) is 10.8. The monoisotopic (exact) mass is 440 g/mol. The molecule has 4 heteroatoms. The molecule has 0 saturated heterocycles. The molecule has 0 radical (unpaired) electrons. The second-order valence-electron chi connectivity index (χ2n) is 7.40. The number of carboxylic acids is 1. The van der Waals surface area contributed by atoms with Crippen molar-refractivity contribution in [3.8, 4) is 5.75 Å². The van der Waals surface area contributed by atoms with Gasteiger partial charge in [0, 0.05) is 0 Å². The second-order valence-corrected chi connectivity index (χ2v) is 8.25. The molecule has 0 aliphatic heterocycles. The molecular formula is C23H37BrO3. The maximum Gasteiger partial charge on any atom is 0.335 e. The molecule has 0 unspecified atom stereocenters. The van der Waals surface area contributed by atoms with Gasteiger partial charge < -0.3 is 9.84 Å². The number of hydrogen-bond acceptors (Lipinski definition) is 2. The van der Waals surface area contributed by atoms with Crippen LogP contribution in [0.15, 0.2) is 22.7 Å². The second kappa shape index (κ2) is 16.0. The van der Waals surface area contributed by atoms with E-state index in [0.717, 1.165) is 12.2 Å². The van der Waals surface area contributed by atoms with Crippen LogP contribution in [0.2, 0.25) is 0 Å². The summed E-state index contributed by atoms with van der Waals surface area (Å²) in [6, 6.07) is 4.88. The molecule has 1 N–H and O–H groups in total. The van der Waals surface area contributed by atoms with E-state index in [1.165, 1.54) is 83.5 Å². The van der Waals surface area contributed by atoms with Crippen LogP contribution >= 0.6 is 15.9 Å². The number of aromatic carboxylic acids is 1. The minimum Gasteiger partial charge on any atom is -0.492 e. The van der Waals surface area contributed by atoms with Crippen molar-refractivity contribution in [1.82, 2.24) is 0 Å². The van der Waals surface area contributed by atoms with Gasteiger partial charge in [-0.3, -0.25) is 0 Å². The number of rotatable bonds is 17. The van der Waals surface area contributed by atoms with Crippen LogP contribution in [-0.2, 0) is 0 Å². The Morgan fingerprint density at radius 2 is 1.33 bits per heavy atom. The topological polar surface area (TPSA) is 46.5 Å². The third kappa shape index (κ3) is 12.1. The van der Waals surface area contributed by atoms with Gasteiger partial charge in [-0.15, -0.1) is 0 Å². The normalized spacial score (nSPS) is 10.9. The molecule has 0 amide bonds. The predicted octanol–water partition coefficient (Wildman–Crippen LogP) is 8.01. The van der Waals surface area contributed by atoms with Crippen molar-refractivity contribution in [3.63, 3.8) is 0 Å². The number of benzene rings is 1. The first-order chi connectivity index (χ1) is 13.1. The lowest BCUT2D eigenvalue weighted by Gasteiger charge is -2.09. The van der Waals surface area contributed by atoms with Crippen LogP contribution in [-0.4, -0.2) is 17.7 Å². The van der Waals surface area contributed by atoms with E-state index in [-0.39, 0.29) is 5.56 Å². The largest absolute Gasteiger partial charge is 0.492 e. The summed E-state index contributed by atoms with van der Waals surface area (Å²) in [5.74, 6) is -0.205. The average Bonchev–Trinajstić information content (AvgIpc) is 2.65. The highest BCUT2D eigenvalue weighted by atomic mass is 79.9. The lowest BCUT2D eigenvalue weighted by Crippen LogP contribution is -2.00. The Kier molecular flexibility index (Phi) is 14.2. The first kappa shape index (κ1) is 24.0. The van der Waals surface area contributed by atoms with Gasteiger partial charge in [-0.05, 0) is 40.5 Å². The Balaban J connectivity index is 1.90. The summed E-state index contributed by atoms with van der Waals surface area (Å²) >= 11 is 3.37. The van der Waals surface area contributed by atoms with E-state index in [2.05, 4.69) is 22.9 Å². The maximum absolute atomic E-state index is 10.9. The Labute approximate surface area is 174 Å². The fourth-order valence-corrected chi connectivity index (χ4v) is 3.72. The summed E-state index contributed by atoms with van der Waals surface area (Å²) in [5.41, 5.74) is 0.269. The smallest absolute Gasteiger partial charge is 0.335 e. The quantitative estimate of drug-likeness (QED) is 0.249. The molecule has 27 heavy (non-hydrogen) atoms. The zero-order chi connectivity index (χ0) is 19.7. The zero-order valence-electron chi connectivity index (χ0n) is 17.0. The predicted molar refractivity (Wildman–Crippen MR) is 117 cm³/mol. The minimum absolute atomic E-state index is 0.269. The Morgan fingerprint density at radius 1 is 0.852 bits per heavy atom. The fraction of sp³-hybridized carbons (Fsp3) is 0.696. The van der Waals surface area contributed by atoms with Gasteiger partial charge in [0.2, 0.25) is 0 Å². The molecule has 0 atom stereocenters. The molecule has 154 valence electrons.